The minimum atomic E-state index is 0. The molecule has 1 heterocycles. The largest absolute Gasteiger partial charge is 4.00 e. The van der Waals surface area contributed by atoms with Crippen molar-refractivity contribution >= 4 is 21.8 Å². The van der Waals surface area contributed by atoms with Crippen LogP contribution >= 0.6 is 0 Å². The van der Waals surface area contributed by atoms with Gasteiger partial charge in [-0.15, -0.1) is 24.3 Å². The molecule has 0 saturated heterocycles. The first-order chi connectivity index (χ1) is 28.1. The van der Waals surface area contributed by atoms with Crippen LogP contribution in [0.1, 0.15) is 33.4 Å². The number of aromatic nitrogens is 1. The Morgan fingerprint density at radius 2 is 1.00 bits per heavy atom. The molecule has 7 aromatic carbocycles. The van der Waals surface area contributed by atoms with E-state index in [1.165, 1.54) is 10.8 Å². The fourth-order valence-corrected chi connectivity index (χ4v) is 7.28. The van der Waals surface area contributed by atoms with Gasteiger partial charge in [0.2, 0.25) is 0 Å². The molecule has 0 amide bonds. The van der Waals surface area contributed by atoms with Crippen molar-refractivity contribution in [3.05, 3.63) is 211 Å². The summed E-state index contributed by atoms with van der Waals surface area (Å²) in [5.74, 6) is 0.656. The molecule has 5 nitrogen and oxygen atoms in total. The van der Waals surface area contributed by atoms with Crippen LogP contribution in [0.2, 0.25) is 0 Å². The minimum Gasteiger partial charge on any atom is -0.507 e. The third-order valence-corrected chi connectivity index (χ3v) is 10.2. The van der Waals surface area contributed by atoms with Gasteiger partial charge < -0.3 is 19.7 Å². The van der Waals surface area contributed by atoms with Gasteiger partial charge in [0.25, 0.3) is 0 Å². The van der Waals surface area contributed by atoms with Crippen LogP contribution in [0.5, 0.6) is 11.5 Å². The number of hydrogen-bond donors (Lipinski definition) is 2. The van der Waals surface area contributed by atoms with Gasteiger partial charge >= 0.3 is 26.2 Å². The quantitative estimate of drug-likeness (QED) is 0.135. The van der Waals surface area contributed by atoms with Crippen molar-refractivity contribution in [2.45, 2.75) is 26.8 Å². The van der Waals surface area contributed by atoms with Crippen LogP contribution in [-0.4, -0.2) is 58.3 Å². The fourth-order valence-electron chi connectivity index (χ4n) is 7.28. The van der Waals surface area contributed by atoms with E-state index >= 15 is 0 Å². The molecule has 0 aliphatic heterocycles. The van der Waals surface area contributed by atoms with Gasteiger partial charge in [0, 0.05) is 48.1 Å². The summed E-state index contributed by atoms with van der Waals surface area (Å²) in [5, 5.41) is 25.5. The first kappa shape index (κ1) is 44.6. The third kappa shape index (κ3) is 11.8. The molecule has 1 aromatic heterocycles. The summed E-state index contributed by atoms with van der Waals surface area (Å²) in [6, 6.07) is 54.9. The van der Waals surface area contributed by atoms with E-state index in [1.54, 1.807) is 0 Å². The number of para-hydroxylation sites is 2. The SMILES string of the molecule is Cc1cc(CN(CCc2cc(C)cc(-n3c4ccccc4c4ccccc43)c2O)CCN(C)C)c(O)c(-c2ccccc2)c1.[CH2-]c1ccccc1.[CH2-]c1ccccc1.[Zr+4]. The summed E-state index contributed by atoms with van der Waals surface area (Å²) in [5.41, 5.74) is 11.1. The fraction of sp³-hybridized carbons (Fsp3) is 0.170. The van der Waals surface area contributed by atoms with Gasteiger partial charge in [-0.25, -0.2) is 0 Å². The number of nitrogens with zero attached hydrogens (tertiary/aromatic N) is 3. The summed E-state index contributed by atoms with van der Waals surface area (Å²) >= 11 is 0. The second-order valence-electron chi connectivity index (χ2n) is 15.1. The molecule has 59 heavy (non-hydrogen) atoms. The zero-order valence-corrected chi connectivity index (χ0v) is 37.2. The number of phenols is 2. The third-order valence-electron chi connectivity index (χ3n) is 10.2. The molecule has 8 rings (SSSR count). The molecule has 0 bridgehead atoms. The van der Waals surface area contributed by atoms with Crippen LogP contribution in [0.3, 0.4) is 0 Å². The van der Waals surface area contributed by atoms with Crippen molar-refractivity contribution < 1.29 is 36.4 Å². The zero-order chi connectivity index (χ0) is 41.0. The van der Waals surface area contributed by atoms with Crippen LogP contribution in [0, 0.1) is 27.7 Å². The van der Waals surface area contributed by atoms with Crippen LogP contribution in [0.4, 0.5) is 0 Å². The zero-order valence-electron chi connectivity index (χ0n) is 34.8. The standard InChI is InChI=1S/C39H41N3O2.2C7H7.Zr/c1-27-23-31(38(43)34(24-27)29-12-6-5-7-13-29)26-41(21-20-40(3)4)19-18-30-22-28(2)25-37(39(30)44)42-35-16-10-8-14-32(35)33-15-9-11-17-36(33)42;2*1-7-5-3-2-4-6-7;/h5-17,22-25,43-44H,18-21,26H2,1-4H3;2*2-6H,1H2;/q;2*-1;+4. The minimum absolute atomic E-state index is 0. The predicted molar refractivity (Wildman–Crippen MR) is 245 cm³/mol. The van der Waals surface area contributed by atoms with Gasteiger partial charge in [0.15, 0.2) is 0 Å². The molecular weight excluding hydrogens is 802 g/mol. The second-order valence-corrected chi connectivity index (χ2v) is 15.1. The normalized spacial score (nSPS) is 10.8. The molecule has 0 aliphatic carbocycles. The maximum absolute atomic E-state index is 11.8. The van der Waals surface area contributed by atoms with E-state index in [9.17, 15) is 10.2 Å². The molecule has 0 saturated carbocycles. The van der Waals surface area contributed by atoms with E-state index in [0.717, 1.165) is 80.9 Å². The number of aryl methyl sites for hydroxylation is 2. The first-order valence-corrected chi connectivity index (χ1v) is 19.9. The maximum atomic E-state index is 11.8. The van der Waals surface area contributed by atoms with Crippen molar-refractivity contribution in [1.82, 2.24) is 14.4 Å². The molecule has 8 aromatic rings. The average molecular weight is 857 g/mol. The smallest absolute Gasteiger partial charge is 0.507 e. The second kappa shape index (κ2) is 21.5. The summed E-state index contributed by atoms with van der Waals surface area (Å²) in [6.07, 6.45) is 0.684. The Labute approximate surface area is 370 Å². The molecule has 0 aliphatic rings. The Bertz CT molecular complexity index is 2440. The summed E-state index contributed by atoms with van der Waals surface area (Å²) in [4.78, 5) is 4.56. The number of rotatable bonds is 10. The maximum Gasteiger partial charge on any atom is 4.00 e. The molecule has 296 valence electrons. The molecule has 6 heteroatoms. The van der Waals surface area contributed by atoms with Gasteiger partial charge in [-0.1, -0.05) is 91.0 Å². The van der Waals surface area contributed by atoms with Gasteiger partial charge in [-0.05, 0) is 80.9 Å². The van der Waals surface area contributed by atoms with Gasteiger partial charge in [-0.2, -0.15) is 49.2 Å². The van der Waals surface area contributed by atoms with Crippen LogP contribution in [-0.2, 0) is 39.2 Å². The number of hydrogen-bond acceptors (Lipinski definition) is 4. The van der Waals surface area contributed by atoms with Crippen molar-refractivity contribution in [3.63, 3.8) is 0 Å². The summed E-state index contributed by atoms with van der Waals surface area (Å²) in [7, 11) is 4.17. The van der Waals surface area contributed by atoms with E-state index in [0.29, 0.717) is 24.5 Å². The monoisotopic (exact) mass is 855 g/mol. The van der Waals surface area contributed by atoms with E-state index < -0.39 is 0 Å². The average Bonchev–Trinajstić information content (AvgIpc) is 3.56. The Kier molecular flexibility index (Phi) is 16.2. The summed E-state index contributed by atoms with van der Waals surface area (Å²) < 4.78 is 2.19. The van der Waals surface area contributed by atoms with Crippen LogP contribution < -0.4 is 0 Å². The van der Waals surface area contributed by atoms with Gasteiger partial charge in [0.05, 0.1) is 16.7 Å². The van der Waals surface area contributed by atoms with Crippen molar-refractivity contribution in [3.8, 4) is 28.3 Å². The summed E-state index contributed by atoms with van der Waals surface area (Å²) in [6.45, 7) is 14.7. The van der Waals surface area contributed by atoms with Crippen molar-refractivity contribution in [1.29, 1.82) is 0 Å². The molecular formula is C53H55N3O2Zr+2. The Hall–Kier alpha value is -5.52. The predicted octanol–water partition coefficient (Wildman–Crippen LogP) is 11.8. The van der Waals surface area contributed by atoms with Crippen molar-refractivity contribution in [2.24, 2.45) is 0 Å². The van der Waals surface area contributed by atoms with Gasteiger partial charge in [0.1, 0.15) is 11.5 Å². The Morgan fingerprint density at radius 3 is 1.51 bits per heavy atom. The number of benzene rings is 7. The number of phenolic OH excluding ortho intramolecular Hbond substituents is 2. The molecule has 2 N–H and O–H groups in total. The topological polar surface area (TPSA) is 51.9 Å². The first-order valence-electron chi connectivity index (χ1n) is 19.9. The molecule has 0 fully saturated rings. The van der Waals surface area contributed by atoms with E-state index in [1.807, 2.05) is 91.0 Å². The van der Waals surface area contributed by atoms with Crippen LogP contribution in [0.25, 0.3) is 38.6 Å². The molecule has 0 atom stereocenters. The number of fused-ring (bicyclic) bond motifs is 3. The number of likely N-dealkylation sites (N-methyl/N-ethyl adjacent to an activating group) is 1. The van der Waals surface area contributed by atoms with Crippen LogP contribution in [0.15, 0.2) is 164 Å². The van der Waals surface area contributed by atoms with E-state index in [2.05, 4.69) is 129 Å². The van der Waals surface area contributed by atoms with E-state index in [-0.39, 0.29) is 26.2 Å². The Balaban J connectivity index is 0.000000371. The van der Waals surface area contributed by atoms with Gasteiger partial charge in [-0.3, -0.25) is 4.90 Å². The Morgan fingerprint density at radius 1 is 0.525 bits per heavy atom. The van der Waals surface area contributed by atoms with E-state index in [4.69, 9.17) is 0 Å². The molecule has 0 unspecified atom stereocenters. The molecule has 0 spiro atoms. The van der Waals surface area contributed by atoms with Crippen molar-refractivity contribution in [2.75, 3.05) is 33.7 Å². The number of aromatic hydroxyl groups is 2. The molecule has 0 radical (unpaired) electrons.